The molecule has 0 saturated heterocycles. The van der Waals surface area contributed by atoms with Gasteiger partial charge in [0.25, 0.3) is 5.56 Å². The molecule has 136 valence electrons. The molecule has 0 bridgehead atoms. The normalized spacial score (nSPS) is 13.1. The maximum atomic E-state index is 12.1. The molecular weight excluding hydrogens is 356 g/mol. The molecule has 1 aliphatic heterocycles. The van der Waals surface area contributed by atoms with E-state index in [1.165, 1.54) is 10.8 Å². The van der Waals surface area contributed by atoms with Crippen LogP contribution in [0.2, 0.25) is 0 Å². The summed E-state index contributed by atoms with van der Waals surface area (Å²) in [6, 6.07) is 3.28. The standard InChI is InChI=1S/C17H18N4O4S/c22-14(11-2-1-5-18-8-11)9-19-15(23)3-6-21-13-4-7-26-10-12(13)16(24)20-17(21)25/h1-2,5,8H,3-4,6-7,9-10H2,(H,19,23)(H,20,24,25). The number of aromatic nitrogens is 3. The van der Waals surface area contributed by atoms with Crippen molar-refractivity contribution in [2.45, 2.75) is 25.1 Å². The number of carbonyl (C=O) groups is 2. The lowest BCUT2D eigenvalue weighted by Crippen LogP contribution is -2.38. The Morgan fingerprint density at radius 3 is 2.96 bits per heavy atom. The zero-order valence-electron chi connectivity index (χ0n) is 14.0. The first-order valence-corrected chi connectivity index (χ1v) is 9.34. The molecule has 8 nitrogen and oxygen atoms in total. The van der Waals surface area contributed by atoms with Gasteiger partial charge in [-0.15, -0.1) is 0 Å². The van der Waals surface area contributed by atoms with Crippen LogP contribution in [0.3, 0.4) is 0 Å². The first-order valence-electron chi connectivity index (χ1n) is 8.19. The molecule has 3 heterocycles. The van der Waals surface area contributed by atoms with Crippen molar-refractivity contribution in [3.8, 4) is 0 Å². The molecule has 0 saturated carbocycles. The van der Waals surface area contributed by atoms with Crippen LogP contribution in [-0.2, 0) is 23.5 Å². The average Bonchev–Trinajstić information content (AvgIpc) is 2.66. The lowest BCUT2D eigenvalue weighted by atomic mass is 10.2. The number of H-pyrrole nitrogens is 1. The Morgan fingerprint density at radius 1 is 1.35 bits per heavy atom. The SMILES string of the molecule is O=C(CCn1c2c(c(=O)[nH]c1=O)CSCC2)NCC(=O)c1cccnc1. The van der Waals surface area contributed by atoms with Gasteiger partial charge in [0.1, 0.15) is 0 Å². The summed E-state index contributed by atoms with van der Waals surface area (Å²) < 4.78 is 1.46. The summed E-state index contributed by atoms with van der Waals surface area (Å²) in [5, 5.41) is 2.55. The summed E-state index contributed by atoms with van der Waals surface area (Å²) in [6.07, 6.45) is 3.68. The van der Waals surface area contributed by atoms with Crippen LogP contribution >= 0.6 is 11.8 Å². The second-order valence-corrected chi connectivity index (χ2v) is 6.94. The molecule has 2 aromatic rings. The molecule has 2 aromatic heterocycles. The topological polar surface area (TPSA) is 114 Å². The third-order valence-electron chi connectivity index (χ3n) is 4.14. The number of fused-ring (bicyclic) bond motifs is 1. The molecule has 0 unspecified atom stereocenters. The van der Waals surface area contributed by atoms with E-state index in [9.17, 15) is 19.2 Å². The fraction of sp³-hybridized carbons (Fsp3) is 0.353. The van der Waals surface area contributed by atoms with E-state index in [-0.39, 0.29) is 36.8 Å². The molecule has 0 fully saturated rings. The van der Waals surface area contributed by atoms with Crippen LogP contribution in [0.4, 0.5) is 0 Å². The van der Waals surface area contributed by atoms with E-state index < -0.39 is 5.69 Å². The number of Topliss-reactive ketones (excluding diaryl/α,β-unsaturated/α-hetero) is 1. The fourth-order valence-corrected chi connectivity index (χ4v) is 3.77. The van der Waals surface area contributed by atoms with Crippen LogP contribution in [0.5, 0.6) is 0 Å². The third-order valence-corrected chi connectivity index (χ3v) is 5.12. The maximum absolute atomic E-state index is 12.1. The molecule has 0 spiro atoms. The first kappa shape index (κ1) is 18.1. The second kappa shape index (κ2) is 8.13. The van der Waals surface area contributed by atoms with Gasteiger partial charge in [0, 0.05) is 47.9 Å². The van der Waals surface area contributed by atoms with Gasteiger partial charge in [0.15, 0.2) is 5.78 Å². The largest absolute Gasteiger partial charge is 0.349 e. The van der Waals surface area contributed by atoms with Crippen LogP contribution in [0.15, 0.2) is 34.1 Å². The number of hydrogen-bond acceptors (Lipinski definition) is 6. The number of ketones is 1. The predicted molar refractivity (Wildman–Crippen MR) is 97.4 cm³/mol. The van der Waals surface area contributed by atoms with E-state index in [1.807, 2.05) is 0 Å². The molecule has 3 rings (SSSR count). The number of hydrogen-bond donors (Lipinski definition) is 2. The van der Waals surface area contributed by atoms with Crippen molar-refractivity contribution >= 4 is 23.5 Å². The summed E-state index contributed by atoms with van der Waals surface area (Å²) in [5.74, 6) is 0.833. The summed E-state index contributed by atoms with van der Waals surface area (Å²) in [6.45, 7) is 0.0370. The average molecular weight is 374 g/mol. The van der Waals surface area contributed by atoms with Gasteiger partial charge < -0.3 is 5.32 Å². The number of pyridine rings is 1. The predicted octanol–water partition coefficient (Wildman–Crippen LogP) is 0.110. The lowest BCUT2D eigenvalue weighted by Gasteiger charge is -2.19. The van der Waals surface area contributed by atoms with E-state index >= 15 is 0 Å². The van der Waals surface area contributed by atoms with Crippen molar-refractivity contribution in [1.82, 2.24) is 19.9 Å². The highest BCUT2D eigenvalue weighted by atomic mass is 32.2. The van der Waals surface area contributed by atoms with Crippen molar-refractivity contribution in [2.24, 2.45) is 0 Å². The van der Waals surface area contributed by atoms with Crippen LogP contribution in [0.1, 0.15) is 28.0 Å². The van der Waals surface area contributed by atoms with Gasteiger partial charge in [0.05, 0.1) is 6.54 Å². The number of amides is 1. The molecule has 0 atom stereocenters. The van der Waals surface area contributed by atoms with E-state index in [0.717, 1.165) is 5.75 Å². The van der Waals surface area contributed by atoms with E-state index in [4.69, 9.17) is 0 Å². The monoisotopic (exact) mass is 374 g/mol. The number of rotatable bonds is 6. The molecule has 26 heavy (non-hydrogen) atoms. The quantitative estimate of drug-likeness (QED) is 0.694. The van der Waals surface area contributed by atoms with Gasteiger partial charge >= 0.3 is 5.69 Å². The van der Waals surface area contributed by atoms with Crippen LogP contribution in [0.25, 0.3) is 0 Å². The summed E-state index contributed by atoms with van der Waals surface area (Å²) in [7, 11) is 0. The highest BCUT2D eigenvalue weighted by Gasteiger charge is 2.19. The summed E-state index contributed by atoms with van der Waals surface area (Å²) in [4.78, 5) is 54.1. The highest BCUT2D eigenvalue weighted by Crippen LogP contribution is 2.20. The Morgan fingerprint density at radius 2 is 2.19 bits per heavy atom. The van der Waals surface area contributed by atoms with Gasteiger partial charge in [-0.2, -0.15) is 11.8 Å². The highest BCUT2D eigenvalue weighted by molar-refractivity contribution is 7.98. The Balaban J connectivity index is 1.61. The van der Waals surface area contributed by atoms with Crippen molar-refractivity contribution in [2.75, 3.05) is 12.3 Å². The van der Waals surface area contributed by atoms with Gasteiger partial charge in [-0.05, 0) is 24.3 Å². The molecule has 0 aliphatic carbocycles. The number of nitrogens with one attached hydrogen (secondary N) is 2. The summed E-state index contributed by atoms with van der Waals surface area (Å²) >= 11 is 1.64. The fourth-order valence-electron chi connectivity index (χ4n) is 2.78. The zero-order valence-corrected chi connectivity index (χ0v) is 14.8. The van der Waals surface area contributed by atoms with Crippen molar-refractivity contribution in [3.63, 3.8) is 0 Å². The molecule has 0 aromatic carbocycles. The number of thioether (sulfide) groups is 1. The Hall–Kier alpha value is -2.68. The Labute approximate surface area is 153 Å². The Bertz CT molecular complexity index is 936. The zero-order chi connectivity index (χ0) is 18.5. The number of nitrogens with zero attached hydrogens (tertiary/aromatic N) is 2. The molecule has 1 aliphatic rings. The van der Waals surface area contributed by atoms with Crippen molar-refractivity contribution in [3.05, 3.63) is 62.2 Å². The van der Waals surface area contributed by atoms with Gasteiger partial charge in [-0.1, -0.05) is 0 Å². The second-order valence-electron chi connectivity index (χ2n) is 5.83. The van der Waals surface area contributed by atoms with Crippen LogP contribution in [0, 0.1) is 0 Å². The lowest BCUT2D eigenvalue weighted by molar-refractivity contribution is -0.121. The van der Waals surface area contributed by atoms with E-state index in [0.29, 0.717) is 29.0 Å². The number of aromatic amines is 1. The molecule has 1 amide bonds. The maximum Gasteiger partial charge on any atom is 0.328 e. The third kappa shape index (κ3) is 4.10. The summed E-state index contributed by atoms with van der Waals surface area (Å²) in [5.41, 5.74) is 0.890. The minimum absolute atomic E-state index is 0.0475. The van der Waals surface area contributed by atoms with Gasteiger partial charge in [-0.25, -0.2) is 4.79 Å². The molecular formula is C17H18N4O4S. The van der Waals surface area contributed by atoms with Crippen LogP contribution in [-0.4, -0.2) is 38.5 Å². The first-order chi connectivity index (χ1) is 12.6. The van der Waals surface area contributed by atoms with E-state index in [2.05, 4.69) is 15.3 Å². The molecule has 0 radical (unpaired) electrons. The Kier molecular flexibility index (Phi) is 5.67. The van der Waals surface area contributed by atoms with Crippen molar-refractivity contribution in [1.29, 1.82) is 0 Å². The molecule has 9 heteroatoms. The van der Waals surface area contributed by atoms with Crippen LogP contribution < -0.4 is 16.6 Å². The smallest absolute Gasteiger partial charge is 0.328 e. The van der Waals surface area contributed by atoms with Gasteiger partial charge in [0.2, 0.25) is 5.91 Å². The minimum Gasteiger partial charge on any atom is -0.349 e. The minimum atomic E-state index is -0.500. The van der Waals surface area contributed by atoms with Gasteiger partial charge in [-0.3, -0.25) is 28.9 Å². The van der Waals surface area contributed by atoms with E-state index in [1.54, 1.807) is 30.1 Å². The number of carbonyl (C=O) groups excluding carboxylic acids is 2. The molecule has 2 N–H and O–H groups in total. The van der Waals surface area contributed by atoms with Crippen molar-refractivity contribution < 1.29 is 9.59 Å².